The lowest BCUT2D eigenvalue weighted by molar-refractivity contribution is -0.126. The third-order valence-corrected chi connectivity index (χ3v) is 3.22. The van der Waals surface area contributed by atoms with E-state index in [4.69, 9.17) is 5.73 Å². The Morgan fingerprint density at radius 3 is 2.70 bits per heavy atom. The SMILES string of the molecule is Cc1cccc([C@@H](C(=O)NCc2noc(C(N)=O)n2)N(C)C)c1. The number of benzene rings is 1. The normalized spacial score (nSPS) is 12.2. The van der Waals surface area contributed by atoms with Crippen LogP contribution in [0, 0.1) is 6.92 Å². The molecule has 122 valence electrons. The highest BCUT2D eigenvalue weighted by Gasteiger charge is 2.23. The van der Waals surface area contributed by atoms with E-state index in [2.05, 4.69) is 20.0 Å². The number of carbonyl (C=O) groups is 2. The minimum absolute atomic E-state index is 0.0474. The van der Waals surface area contributed by atoms with Gasteiger partial charge in [-0.1, -0.05) is 35.0 Å². The van der Waals surface area contributed by atoms with Gasteiger partial charge in [0.05, 0.1) is 6.54 Å². The lowest BCUT2D eigenvalue weighted by atomic mass is 10.0. The molecule has 3 N–H and O–H groups in total. The molecule has 1 atom stereocenters. The Bertz CT molecular complexity index is 711. The van der Waals surface area contributed by atoms with E-state index < -0.39 is 11.9 Å². The molecule has 8 heteroatoms. The van der Waals surface area contributed by atoms with Crippen molar-refractivity contribution in [3.63, 3.8) is 0 Å². The van der Waals surface area contributed by atoms with Crippen LogP contribution in [-0.2, 0) is 11.3 Å². The first-order chi connectivity index (χ1) is 10.9. The highest BCUT2D eigenvalue weighted by atomic mass is 16.5. The fourth-order valence-electron chi connectivity index (χ4n) is 2.21. The fraction of sp³-hybridized carbons (Fsp3) is 0.333. The second-order valence-corrected chi connectivity index (χ2v) is 5.38. The van der Waals surface area contributed by atoms with Crippen molar-refractivity contribution in [1.29, 1.82) is 0 Å². The molecule has 0 bridgehead atoms. The number of hydrogen-bond donors (Lipinski definition) is 2. The van der Waals surface area contributed by atoms with Gasteiger partial charge in [0.25, 0.3) is 0 Å². The molecule has 1 aromatic heterocycles. The number of primary amides is 1. The summed E-state index contributed by atoms with van der Waals surface area (Å²) in [5, 5.41) is 6.32. The average Bonchev–Trinajstić information content (AvgIpc) is 2.94. The molecular weight excluding hydrogens is 298 g/mol. The molecule has 0 radical (unpaired) electrons. The van der Waals surface area contributed by atoms with Gasteiger partial charge < -0.3 is 15.6 Å². The molecule has 0 aliphatic heterocycles. The van der Waals surface area contributed by atoms with Crippen molar-refractivity contribution in [3.8, 4) is 0 Å². The van der Waals surface area contributed by atoms with Crippen LogP contribution in [0.25, 0.3) is 0 Å². The van der Waals surface area contributed by atoms with Crippen LogP contribution >= 0.6 is 0 Å². The van der Waals surface area contributed by atoms with Crippen LogP contribution in [0.3, 0.4) is 0 Å². The van der Waals surface area contributed by atoms with Gasteiger partial charge in [0, 0.05) is 0 Å². The van der Waals surface area contributed by atoms with Crippen LogP contribution in [0.1, 0.15) is 33.7 Å². The smallest absolute Gasteiger partial charge is 0.315 e. The van der Waals surface area contributed by atoms with E-state index in [1.807, 2.05) is 50.2 Å². The topological polar surface area (TPSA) is 114 Å². The quantitative estimate of drug-likeness (QED) is 0.797. The lowest BCUT2D eigenvalue weighted by Gasteiger charge is -2.23. The van der Waals surface area contributed by atoms with Crippen molar-refractivity contribution < 1.29 is 14.1 Å². The molecule has 2 amide bonds. The minimum Gasteiger partial charge on any atom is -0.361 e. The monoisotopic (exact) mass is 317 g/mol. The highest BCUT2D eigenvalue weighted by molar-refractivity contribution is 5.87. The zero-order valence-electron chi connectivity index (χ0n) is 13.2. The first-order valence-electron chi connectivity index (χ1n) is 7.01. The summed E-state index contributed by atoms with van der Waals surface area (Å²) in [6.07, 6.45) is 0. The fourth-order valence-corrected chi connectivity index (χ4v) is 2.21. The Morgan fingerprint density at radius 1 is 1.39 bits per heavy atom. The van der Waals surface area contributed by atoms with Crippen LogP contribution in [0.2, 0.25) is 0 Å². The zero-order valence-corrected chi connectivity index (χ0v) is 13.2. The van der Waals surface area contributed by atoms with Crippen molar-refractivity contribution in [2.24, 2.45) is 5.73 Å². The number of aromatic nitrogens is 2. The van der Waals surface area contributed by atoms with E-state index in [-0.39, 0.29) is 24.2 Å². The van der Waals surface area contributed by atoms with E-state index in [1.165, 1.54) is 0 Å². The van der Waals surface area contributed by atoms with Crippen LogP contribution in [0.5, 0.6) is 0 Å². The number of likely N-dealkylation sites (N-methyl/N-ethyl adjacent to an activating group) is 1. The Balaban J connectivity index is 2.08. The molecule has 0 spiro atoms. The summed E-state index contributed by atoms with van der Waals surface area (Å²) < 4.78 is 4.67. The van der Waals surface area contributed by atoms with Crippen LogP contribution < -0.4 is 11.1 Å². The van der Waals surface area contributed by atoms with Crippen LogP contribution in [0.15, 0.2) is 28.8 Å². The van der Waals surface area contributed by atoms with Gasteiger partial charge >= 0.3 is 11.8 Å². The van der Waals surface area contributed by atoms with Crippen molar-refractivity contribution in [2.75, 3.05) is 14.1 Å². The molecule has 1 aromatic carbocycles. The van der Waals surface area contributed by atoms with Gasteiger partial charge in [-0.15, -0.1) is 0 Å². The molecule has 0 saturated carbocycles. The summed E-state index contributed by atoms with van der Waals surface area (Å²) in [5.74, 6) is -1.10. The van der Waals surface area contributed by atoms with Crippen molar-refractivity contribution in [2.45, 2.75) is 19.5 Å². The molecule has 8 nitrogen and oxygen atoms in total. The van der Waals surface area contributed by atoms with Crippen LogP contribution in [-0.4, -0.2) is 41.0 Å². The number of nitrogens with two attached hydrogens (primary N) is 1. The molecule has 0 aliphatic carbocycles. The van der Waals surface area contributed by atoms with Gasteiger partial charge in [0.1, 0.15) is 6.04 Å². The predicted octanol–water partition coefficient (Wildman–Crippen LogP) is 0.396. The van der Waals surface area contributed by atoms with Crippen molar-refractivity contribution in [3.05, 3.63) is 47.1 Å². The highest BCUT2D eigenvalue weighted by Crippen LogP contribution is 2.19. The summed E-state index contributed by atoms with van der Waals surface area (Å²) in [4.78, 5) is 29.0. The number of amides is 2. The lowest BCUT2D eigenvalue weighted by Crippen LogP contribution is -2.37. The van der Waals surface area contributed by atoms with Gasteiger partial charge in [0.2, 0.25) is 5.91 Å². The number of nitrogens with one attached hydrogen (secondary N) is 1. The van der Waals surface area contributed by atoms with Gasteiger partial charge in [-0.05, 0) is 26.6 Å². The molecule has 0 saturated heterocycles. The summed E-state index contributed by atoms with van der Waals surface area (Å²) >= 11 is 0. The minimum atomic E-state index is -0.805. The van der Waals surface area contributed by atoms with Crippen LogP contribution in [0.4, 0.5) is 0 Å². The molecule has 0 fully saturated rings. The molecule has 2 rings (SSSR count). The number of aryl methyl sites for hydroxylation is 1. The van der Waals surface area contributed by atoms with Gasteiger partial charge in [-0.3, -0.25) is 14.5 Å². The maximum atomic E-state index is 12.5. The maximum absolute atomic E-state index is 12.5. The molecule has 0 aliphatic rings. The van der Waals surface area contributed by atoms with Gasteiger partial charge in [-0.2, -0.15) is 4.98 Å². The van der Waals surface area contributed by atoms with E-state index in [0.29, 0.717) is 0 Å². The molecule has 2 aromatic rings. The first kappa shape index (κ1) is 16.6. The summed E-state index contributed by atoms with van der Waals surface area (Å²) in [6.45, 7) is 2.02. The third kappa shape index (κ3) is 4.13. The molecule has 0 unspecified atom stereocenters. The standard InChI is InChI=1S/C15H19N5O3/c1-9-5-4-6-10(7-9)12(20(2)3)14(22)17-8-11-18-15(13(16)21)23-19-11/h4-7,12H,8H2,1-3H3,(H2,16,21)(H,17,22)/t12-/m0/s1. The molecular formula is C15H19N5O3. The summed E-state index contributed by atoms with van der Waals surface area (Å²) in [6, 6.07) is 7.30. The number of nitrogens with zero attached hydrogens (tertiary/aromatic N) is 3. The zero-order chi connectivity index (χ0) is 17.0. The summed E-state index contributed by atoms with van der Waals surface area (Å²) in [5.41, 5.74) is 6.99. The number of hydrogen-bond acceptors (Lipinski definition) is 6. The summed E-state index contributed by atoms with van der Waals surface area (Å²) in [7, 11) is 3.65. The average molecular weight is 317 g/mol. The van der Waals surface area contributed by atoms with E-state index in [1.54, 1.807) is 0 Å². The Labute approximate surface area is 133 Å². The maximum Gasteiger partial charge on any atom is 0.315 e. The molecule has 1 heterocycles. The van der Waals surface area contributed by atoms with Gasteiger partial charge in [-0.25, -0.2) is 0 Å². The molecule has 23 heavy (non-hydrogen) atoms. The Morgan fingerprint density at radius 2 is 2.13 bits per heavy atom. The third-order valence-electron chi connectivity index (χ3n) is 3.22. The second-order valence-electron chi connectivity index (χ2n) is 5.38. The second kappa shape index (κ2) is 7.01. The first-order valence-corrected chi connectivity index (χ1v) is 7.01. The Hall–Kier alpha value is -2.74. The number of rotatable bonds is 6. The Kier molecular flexibility index (Phi) is 5.07. The van der Waals surface area contributed by atoms with E-state index in [0.717, 1.165) is 11.1 Å². The van der Waals surface area contributed by atoms with E-state index in [9.17, 15) is 9.59 Å². The predicted molar refractivity (Wildman–Crippen MR) is 82.3 cm³/mol. The van der Waals surface area contributed by atoms with Crippen molar-refractivity contribution >= 4 is 11.8 Å². The number of carbonyl (C=O) groups excluding carboxylic acids is 2. The van der Waals surface area contributed by atoms with Gasteiger partial charge in [0.15, 0.2) is 5.82 Å². The van der Waals surface area contributed by atoms with E-state index >= 15 is 0 Å². The van der Waals surface area contributed by atoms with Crippen molar-refractivity contribution in [1.82, 2.24) is 20.4 Å². The largest absolute Gasteiger partial charge is 0.361 e.